The van der Waals surface area contributed by atoms with Crippen LogP contribution in [0.1, 0.15) is 30.1 Å². The highest BCUT2D eigenvalue weighted by Crippen LogP contribution is 2.23. The Kier molecular flexibility index (Phi) is 5.51. The molecule has 0 aliphatic carbocycles. The molecule has 2 aromatic rings. The lowest BCUT2D eigenvalue weighted by molar-refractivity contribution is 0.549. The van der Waals surface area contributed by atoms with E-state index in [0.717, 1.165) is 36.2 Å². The predicted molar refractivity (Wildman–Crippen MR) is 87.6 cm³/mol. The Hall–Kier alpha value is -0.980. The maximum Gasteiger partial charge on any atom is 0.185 e. The van der Waals surface area contributed by atoms with Crippen LogP contribution in [0.2, 0.25) is 0 Å². The van der Waals surface area contributed by atoms with Crippen molar-refractivity contribution >= 4 is 27.8 Å². The smallest absolute Gasteiger partial charge is 0.185 e. The zero-order valence-electron chi connectivity index (χ0n) is 12.5. The molecule has 0 spiro atoms. The summed E-state index contributed by atoms with van der Waals surface area (Å²) in [5.41, 5.74) is 4.15. The maximum absolute atomic E-state index is 4.68. The fraction of sp³-hybridized carbons (Fsp3) is 0.571. The zero-order valence-corrected chi connectivity index (χ0v) is 14.1. The van der Waals surface area contributed by atoms with Crippen LogP contribution in [0.5, 0.6) is 0 Å². The highest BCUT2D eigenvalue weighted by atomic mass is 32.1. The van der Waals surface area contributed by atoms with Gasteiger partial charge in [-0.2, -0.15) is 0 Å². The van der Waals surface area contributed by atoms with E-state index in [4.69, 9.17) is 0 Å². The fourth-order valence-electron chi connectivity index (χ4n) is 1.80. The van der Waals surface area contributed by atoms with E-state index in [1.165, 1.54) is 4.88 Å². The number of nitrogens with zero attached hydrogens (tertiary/aromatic N) is 3. The zero-order chi connectivity index (χ0) is 14.5. The second-order valence-electron chi connectivity index (χ2n) is 5.36. The summed E-state index contributed by atoms with van der Waals surface area (Å²) in [6, 6.07) is 0. The summed E-state index contributed by atoms with van der Waals surface area (Å²) in [6.07, 6.45) is 0. The molecular formula is C14H22N4S2. The Morgan fingerprint density at radius 3 is 2.80 bits per heavy atom. The number of aryl methyl sites for hydroxylation is 1. The van der Waals surface area contributed by atoms with Crippen molar-refractivity contribution < 1.29 is 0 Å². The van der Waals surface area contributed by atoms with Crippen molar-refractivity contribution in [1.29, 1.82) is 0 Å². The molecule has 0 saturated carbocycles. The summed E-state index contributed by atoms with van der Waals surface area (Å²) in [7, 11) is 2.09. The molecule has 2 heterocycles. The van der Waals surface area contributed by atoms with Crippen molar-refractivity contribution in [2.75, 3.05) is 18.5 Å². The van der Waals surface area contributed by atoms with E-state index in [1.807, 2.05) is 5.51 Å². The molecule has 0 fully saturated rings. The van der Waals surface area contributed by atoms with Gasteiger partial charge >= 0.3 is 0 Å². The van der Waals surface area contributed by atoms with Gasteiger partial charge in [0.15, 0.2) is 5.13 Å². The third kappa shape index (κ3) is 4.26. The number of anilines is 1. The van der Waals surface area contributed by atoms with Gasteiger partial charge in [0.1, 0.15) is 0 Å². The van der Waals surface area contributed by atoms with Gasteiger partial charge in [-0.3, -0.25) is 0 Å². The van der Waals surface area contributed by atoms with Gasteiger partial charge in [-0.1, -0.05) is 13.8 Å². The molecule has 0 saturated heterocycles. The molecule has 6 heteroatoms. The van der Waals surface area contributed by atoms with E-state index >= 15 is 0 Å². The SMILES string of the molecule is Cc1ncsc1CN(C)c1nc(CNCC(C)C)cs1. The molecule has 2 rings (SSSR count). The number of rotatable bonds is 7. The van der Waals surface area contributed by atoms with Crippen LogP contribution < -0.4 is 10.2 Å². The van der Waals surface area contributed by atoms with Crippen LogP contribution in [-0.2, 0) is 13.1 Å². The lowest BCUT2D eigenvalue weighted by Gasteiger charge is -2.14. The second-order valence-corrected chi connectivity index (χ2v) is 7.14. The number of aromatic nitrogens is 2. The van der Waals surface area contributed by atoms with Crippen LogP contribution in [0.25, 0.3) is 0 Å². The van der Waals surface area contributed by atoms with Crippen molar-refractivity contribution in [3.05, 3.63) is 27.2 Å². The third-order valence-electron chi connectivity index (χ3n) is 2.95. The minimum Gasteiger partial charge on any atom is -0.346 e. The van der Waals surface area contributed by atoms with E-state index < -0.39 is 0 Å². The van der Waals surface area contributed by atoms with E-state index in [0.29, 0.717) is 5.92 Å². The standard InChI is InChI=1S/C14H22N4S2/c1-10(2)5-15-6-12-8-19-14(17-12)18(4)7-13-11(3)16-9-20-13/h8-10,15H,5-7H2,1-4H3. The van der Waals surface area contributed by atoms with E-state index in [9.17, 15) is 0 Å². The third-order valence-corrected chi connectivity index (χ3v) is 4.87. The lowest BCUT2D eigenvalue weighted by Crippen LogP contribution is -2.19. The number of hydrogen-bond donors (Lipinski definition) is 1. The first-order valence-electron chi connectivity index (χ1n) is 6.81. The van der Waals surface area contributed by atoms with Gasteiger partial charge in [0.2, 0.25) is 0 Å². The summed E-state index contributed by atoms with van der Waals surface area (Å²) in [6.45, 7) is 9.24. The van der Waals surface area contributed by atoms with Crippen LogP contribution in [0.3, 0.4) is 0 Å². The van der Waals surface area contributed by atoms with Crippen molar-refractivity contribution in [3.63, 3.8) is 0 Å². The molecule has 0 amide bonds. The highest BCUT2D eigenvalue weighted by molar-refractivity contribution is 7.13. The Labute approximate surface area is 128 Å². The maximum atomic E-state index is 4.68. The van der Waals surface area contributed by atoms with Crippen LogP contribution in [0, 0.1) is 12.8 Å². The van der Waals surface area contributed by atoms with E-state index in [2.05, 4.69) is 53.4 Å². The minimum absolute atomic E-state index is 0.671. The van der Waals surface area contributed by atoms with Crippen molar-refractivity contribution in [2.24, 2.45) is 5.92 Å². The molecule has 0 aliphatic rings. The number of hydrogen-bond acceptors (Lipinski definition) is 6. The first-order valence-corrected chi connectivity index (χ1v) is 8.57. The summed E-state index contributed by atoms with van der Waals surface area (Å²) < 4.78 is 0. The first kappa shape index (κ1) is 15.4. The van der Waals surface area contributed by atoms with Gasteiger partial charge in [0, 0.05) is 23.8 Å². The molecule has 4 nitrogen and oxygen atoms in total. The molecule has 20 heavy (non-hydrogen) atoms. The van der Waals surface area contributed by atoms with Crippen molar-refractivity contribution in [1.82, 2.24) is 15.3 Å². The highest BCUT2D eigenvalue weighted by Gasteiger charge is 2.10. The lowest BCUT2D eigenvalue weighted by atomic mass is 10.2. The summed E-state index contributed by atoms with van der Waals surface area (Å²) in [4.78, 5) is 12.5. The molecule has 0 radical (unpaired) electrons. The van der Waals surface area contributed by atoms with E-state index in [1.54, 1.807) is 22.7 Å². The van der Waals surface area contributed by atoms with Crippen LogP contribution in [0.15, 0.2) is 10.9 Å². The molecule has 2 aromatic heterocycles. The van der Waals surface area contributed by atoms with Crippen LogP contribution in [0.4, 0.5) is 5.13 Å². The molecule has 0 bridgehead atoms. The minimum atomic E-state index is 0.671. The van der Waals surface area contributed by atoms with Gasteiger partial charge < -0.3 is 10.2 Å². The molecule has 0 unspecified atom stereocenters. The quantitative estimate of drug-likeness (QED) is 0.852. The fourth-order valence-corrected chi connectivity index (χ4v) is 3.42. The van der Waals surface area contributed by atoms with Gasteiger partial charge in [0.05, 0.1) is 23.4 Å². The Morgan fingerprint density at radius 2 is 2.15 bits per heavy atom. The average Bonchev–Trinajstić information content (AvgIpc) is 2.99. The second kappa shape index (κ2) is 7.15. The summed E-state index contributed by atoms with van der Waals surface area (Å²) >= 11 is 3.41. The summed E-state index contributed by atoms with van der Waals surface area (Å²) in [5.74, 6) is 0.671. The Bertz CT molecular complexity index is 533. The van der Waals surface area contributed by atoms with Crippen molar-refractivity contribution in [3.8, 4) is 0 Å². The topological polar surface area (TPSA) is 41.1 Å². The molecule has 0 aliphatic heterocycles. The van der Waals surface area contributed by atoms with Gasteiger partial charge in [-0.05, 0) is 19.4 Å². The molecule has 0 aromatic carbocycles. The summed E-state index contributed by atoms with van der Waals surface area (Å²) in [5, 5.41) is 6.63. The number of nitrogens with one attached hydrogen (secondary N) is 1. The molecule has 110 valence electrons. The number of thiazole rings is 2. The van der Waals surface area contributed by atoms with E-state index in [-0.39, 0.29) is 0 Å². The molecule has 1 N–H and O–H groups in total. The largest absolute Gasteiger partial charge is 0.346 e. The van der Waals surface area contributed by atoms with Gasteiger partial charge in [0.25, 0.3) is 0 Å². The predicted octanol–water partition coefficient (Wildman–Crippen LogP) is 3.29. The van der Waals surface area contributed by atoms with Gasteiger partial charge in [-0.25, -0.2) is 9.97 Å². The van der Waals surface area contributed by atoms with Crippen LogP contribution >= 0.6 is 22.7 Å². The van der Waals surface area contributed by atoms with Gasteiger partial charge in [-0.15, -0.1) is 22.7 Å². The normalized spacial score (nSPS) is 11.2. The first-order chi connectivity index (χ1) is 9.56. The van der Waals surface area contributed by atoms with Crippen LogP contribution in [-0.4, -0.2) is 23.6 Å². The Morgan fingerprint density at radius 1 is 1.35 bits per heavy atom. The molecule has 0 atom stereocenters. The monoisotopic (exact) mass is 310 g/mol. The van der Waals surface area contributed by atoms with Crippen molar-refractivity contribution in [2.45, 2.75) is 33.9 Å². The average molecular weight is 310 g/mol. The Balaban J connectivity index is 1.89. The molecular weight excluding hydrogens is 288 g/mol.